The number of ether oxygens (including phenoxy) is 1. The van der Waals surface area contributed by atoms with Gasteiger partial charge in [0.2, 0.25) is 0 Å². The lowest BCUT2D eigenvalue weighted by atomic mass is 10.1. The van der Waals surface area contributed by atoms with Crippen LogP contribution in [0.25, 0.3) is 0 Å². The molecule has 0 aromatic heterocycles. The summed E-state index contributed by atoms with van der Waals surface area (Å²) in [6.07, 6.45) is -5.76. The van der Waals surface area contributed by atoms with Crippen LogP contribution in [-0.2, 0) is 11.0 Å². The Morgan fingerprint density at radius 1 is 1.08 bits per heavy atom. The SMILES string of the molecule is CC(Oc1ccccc1C(N)=O)C(=O)Nc1ccccc1C(F)(F)F. The molecule has 2 aromatic rings. The number of primary amides is 1. The first-order valence-electron chi connectivity index (χ1n) is 7.22. The van der Waals surface area contributed by atoms with E-state index < -0.39 is 29.7 Å². The van der Waals surface area contributed by atoms with Crippen molar-refractivity contribution in [1.29, 1.82) is 0 Å². The van der Waals surface area contributed by atoms with Crippen molar-refractivity contribution in [1.82, 2.24) is 0 Å². The summed E-state index contributed by atoms with van der Waals surface area (Å²) < 4.78 is 44.2. The van der Waals surface area contributed by atoms with Gasteiger partial charge in [-0.05, 0) is 31.2 Å². The molecule has 2 amide bonds. The fourth-order valence-corrected chi connectivity index (χ4v) is 2.09. The highest BCUT2D eigenvalue weighted by molar-refractivity contribution is 5.97. The molecule has 1 atom stereocenters. The number of anilines is 1. The van der Waals surface area contributed by atoms with Gasteiger partial charge in [-0.25, -0.2) is 0 Å². The lowest BCUT2D eigenvalue weighted by Crippen LogP contribution is -2.31. The lowest BCUT2D eigenvalue weighted by Gasteiger charge is -2.18. The molecule has 5 nitrogen and oxygen atoms in total. The first-order valence-corrected chi connectivity index (χ1v) is 7.22. The predicted octanol–water partition coefficient (Wildman–Crippen LogP) is 3.21. The molecule has 0 fully saturated rings. The summed E-state index contributed by atoms with van der Waals surface area (Å²) in [6, 6.07) is 10.6. The molecule has 0 spiro atoms. The van der Waals surface area contributed by atoms with Gasteiger partial charge in [-0.1, -0.05) is 24.3 Å². The van der Waals surface area contributed by atoms with Crippen molar-refractivity contribution < 1.29 is 27.5 Å². The van der Waals surface area contributed by atoms with E-state index in [-0.39, 0.29) is 17.0 Å². The van der Waals surface area contributed by atoms with E-state index in [2.05, 4.69) is 5.32 Å². The molecule has 0 bridgehead atoms. The van der Waals surface area contributed by atoms with Crippen LogP contribution in [-0.4, -0.2) is 17.9 Å². The number of alkyl halides is 3. The van der Waals surface area contributed by atoms with Crippen molar-refractivity contribution in [2.45, 2.75) is 19.2 Å². The van der Waals surface area contributed by atoms with Crippen molar-refractivity contribution in [3.63, 3.8) is 0 Å². The Kier molecular flexibility index (Phi) is 5.31. The molecule has 0 saturated heterocycles. The average Bonchev–Trinajstić information content (AvgIpc) is 2.54. The standard InChI is InChI=1S/C17H15F3N2O3/c1-10(25-14-9-5-2-6-11(14)15(21)23)16(24)22-13-8-4-3-7-12(13)17(18,19)20/h2-10H,1H3,(H2,21,23)(H,22,24). The van der Waals surface area contributed by atoms with Crippen molar-refractivity contribution in [2.75, 3.05) is 5.32 Å². The van der Waals surface area contributed by atoms with Gasteiger partial charge in [-0.3, -0.25) is 9.59 Å². The molecule has 0 aliphatic carbocycles. The maximum absolute atomic E-state index is 13.0. The summed E-state index contributed by atoms with van der Waals surface area (Å²) in [5.41, 5.74) is 3.94. The number of rotatable bonds is 5. The molecule has 0 radical (unpaired) electrons. The second-order valence-electron chi connectivity index (χ2n) is 5.15. The van der Waals surface area contributed by atoms with E-state index in [9.17, 15) is 22.8 Å². The number of benzene rings is 2. The number of hydrogen-bond donors (Lipinski definition) is 2. The van der Waals surface area contributed by atoms with Gasteiger partial charge >= 0.3 is 6.18 Å². The topological polar surface area (TPSA) is 81.4 Å². The number of nitrogens with one attached hydrogen (secondary N) is 1. The molecule has 0 aliphatic heterocycles. The Morgan fingerprint density at radius 3 is 2.32 bits per heavy atom. The first kappa shape index (κ1) is 18.3. The molecule has 0 aliphatic rings. The quantitative estimate of drug-likeness (QED) is 0.867. The average molecular weight is 352 g/mol. The normalized spacial score (nSPS) is 12.3. The fourth-order valence-electron chi connectivity index (χ4n) is 2.09. The van der Waals surface area contributed by atoms with Gasteiger partial charge in [-0.2, -0.15) is 13.2 Å². The van der Waals surface area contributed by atoms with Gasteiger partial charge in [0, 0.05) is 0 Å². The van der Waals surface area contributed by atoms with E-state index in [4.69, 9.17) is 10.5 Å². The zero-order valence-corrected chi connectivity index (χ0v) is 13.1. The van der Waals surface area contributed by atoms with E-state index in [0.717, 1.165) is 12.1 Å². The summed E-state index contributed by atoms with van der Waals surface area (Å²) >= 11 is 0. The van der Waals surface area contributed by atoms with Crippen molar-refractivity contribution in [2.24, 2.45) is 5.73 Å². The highest BCUT2D eigenvalue weighted by Crippen LogP contribution is 2.34. The fraction of sp³-hybridized carbons (Fsp3) is 0.176. The van der Waals surface area contributed by atoms with Crippen molar-refractivity contribution in [3.8, 4) is 5.75 Å². The summed E-state index contributed by atoms with van der Waals surface area (Å²) in [7, 11) is 0. The van der Waals surface area contributed by atoms with E-state index in [1.165, 1.54) is 31.2 Å². The minimum atomic E-state index is -4.60. The molecule has 3 N–H and O–H groups in total. The molecular weight excluding hydrogens is 337 g/mol. The first-order chi connectivity index (χ1) is 11.7. The molecular formula is C17H15F3N2O3. The maximum atomic E-state index is 13.0. The van der Waals surface area contributed by atoms with Crippen LogP contribution in [0.15, 0.2) is 48.5 Å². The van der Waals surface area contributed by atoms with Crippen LogP contribution >= 0.6 is 0 Å². The van der Waals surface area contributed by atoms with E-state index in [1.54, 1.807) is 12.1 Å². The number of para-hydroxylation sites is 2. The number of carbonyl (C=O) groups is 2. The molecule has 0 heterocycles. The third-order valence-electron chi connectivity index (χ3n) is 3.32. The Balaban J connectivity index is 2.16. The van der Waals surface area contributed by atoms with Crippen LogP contribution in [0.5, 0.6) is 5.75 Å². The zero-order chi connectivity index (χ0) is 18.6. The lowest BCUT2D eigenvalue weighted by molar-refractivity contribution is -0.137. The summed E-state index contributed by atoms with van der Waals surface area (Å²) in [6.45, 7) is 1.35. The van der Waals surface area contributed by atoms with Crippen LogP contribution in [0.3, 0.4) is 0 Å². The van der Waals surface area contributed by atoms with Gasteiger partial charge in [0.15, 0.2) is 6.10 Å². The van der Waals surface area contributed by atoms with E-state index in [1.807, 2.05) is 0 Å². The summed E-state index contributed by atoms with van der Waals surface area (Å²) in [5.74, 6) is -1.47. The van der Waals surface area contributed by atoms with Crippen molar-refractivity contribution in [3.05, 3.63) is 59.7 Å². The number of amides is 2. The Labute approximate surface area is 141 Å². The minimum Gasteiger partial charge on any atom is -0.480 e. The molecule has 2 aromatic carbocycles. The van der Waals surface area contributed by atoms with Crippen LogP contribution in [0, 0.1) is 0 Å². The minimum absolute atomic E-state index is 0.0674. The van der Waals surface area contributed by atoms with Gasteiger partial charge in [0.1, 0.15) is 5.75 Å². The molecule has 1 unspecified atom stereocenters. The monoisotopic (exact) mass is 352 g/mol. The molecule has 2 rings (SSSR count). The molecule has 25 heavy (non-hydrogen) atoms. The maximum Gasteiger partial charge on any atom is 0.418 e. The number of halogens is 3. The largest absolute Gasteiger partial charge is 0.480 e. The molecule has 0 saturated carbocycles. The van der Waals surface area contributed by atoms with Gasteiger partial charge in [0.05, 0.1) is 16.8 Å². The van der Waals surface area contributed by atoms with Crippen LogP contribution < -0.4 is 15.8 Å². The Hall–Kier alpha value is -3.03. The highest BCUT2D eigenvalue weighted by atomic mass is 19.4. The second-order valence-corrected chi connectivity index (χ2v) is 5.15. The van der Waals surface area contributed by atoms with Gasteiger partial charge < -0.3 is 15.8 Å². The summed E-state index contributed by atoms with van der Waals surface area (Å²) in [4.78, 5) is 23.5. The number of hydrogen-bond acceptors (Lipinski definition) is 3. The molecule has 8 heteroatoms. The number of nitrogens with two attached hydrogens (primary N) is 1. The zero-order valence-electron chi connectivity index (χ0n) is 13.1. The van der Waals surface area contributed by atoms with Gasteiger partial charge in [-0.15, -0.1) is 0 Å². The Morgan fingerprint density at radius 2 is 1.68 bits per heavy atom. The van der Waals surface area contributed by atoms with Crippen LogP contribution in [0.2, 0.25) is 0 Å². The number of carbonyl (C=O) groups excluding carboxylic acids is 2. The van der Waals surface area contributed by atoms with E-state index >= 15 is 0 Å². The predicted molar refractivity (Wildman–Crippen MR) is 85.1 cm³/mol. The molecule has 132 valence electrons. The smallest absolute Gasteiger partial charge is 0.418 e. The van der Waals surface area contributed by atoms with Crippen molar-refractivity contribution >= 4 is 17.5 Å². The van der Waals surface area contributed by atoms with Crippen LogP contribution in [0.4, 0.5) is 18.9 Å². The third kappa shape index (κ3) is 4.50. The second kappa shape index (κ2) is 7.25. The summed E-state index contributed by atoms with van der Waals surface area (Å²) in [5, 5.41) is 2.19. The van der Waals surface area contributed by atoms with E-state index in [0.29, 0.717) is 0 Å². The highest BCUT2D eigenvalue weighted by Gasteiger charge is 2.34. The Bertz CT molecular complexity index is 791. The third-order valence-corrected chi connectivity index (χ3v) is 3.32. The van der Waals surface area contributed by atoms with Gasteiger partial charge in [0.25, 0.3) is 11.8 Å². The van der Waals surface area contributed by atoms with Crippen LogP contribution in [0.1, 0.15) is 22.8 Å².